The summed E-state index contributed by atoms with van der Waals surface area (Å²) in [5, 5.41) is 69.2. The van der Waals surface area contributed by atoms with Gasteiger partial charge in [0.2, 0.25) is 0 Å². The number of rotatable bonds is 2. The summed E-state index contributed by atoms with van der Waals surface area (Å²) < 4.78 is 0. The minimum atomic E-state index is 0. The Kier molecular flexibility index (Phi) is 24.6. The summed E-state index contributed by atoms with van der Waals surface area (Å²) in [5.41, 5.74) is 7.65. The molecule has 18 heteroatoms. The Balaban J connectivity index is 0.000000427. The normalized spacial score (nSPS) is 8.29. The number of benzene rings is 4. The first kappa shape index (κ1) is 50.9. The number of nitriles is 6. The molecule has 0 fully saturated rings. The van der Waals surface area contributed by atoms with Crippen LogP contribution in [0.3, 0.4) is 0 Å². The van der Waals surface area contributed by atoms with Crippen LogP contribution in [-0.2, 0) is 34.1 Å². The Bertz CT molecular complexity index is 2680. The summed E-state index contributed by atoms with van der Waals surface area (Å²) in [5.74, 6) is 0. The smallest absolute Gasteiger partial charge is 0.422 e. The zero-order valence-electron chi connectivity index (χ0n) is 31.6. The molecule has 8 aromatic rings. The van der Waals surface area contributed by atoms with Crippen LogP contribution in [0.5, 0.6) is 0 Å². The van der Waals surface area contributed by atoms with E-state index in [1.54, 1.807) is 0 Å². The molecule has 0 N–H and O–H groups in total. The second kappa shape index (κ2) is 30.0. The standard InChI is InChI=1S/2C18H12N2.4C2N3.2Cu/c2*1-3-7-15-13(5-1)9-11-17(19-15)18-12-10-14-6-2-4-8-16(14)20-18;4*3-1-5-2-4;;/h2*1-12H;;;;;;/q;;4*-1;2*+2. The first-order valence-electron chi connectivity index (χ1n) is 16.8. The summed E-state index contributed by atoms with van der Waals surface area (Å²) >= 11 is 0. The zero-order valence-corrected chi connectivity index (χ0v) is 33.5. The van der Waals surface area contributed by atoms with Crippen LogP contribution in [-0.4, -0.2) is 32.0 Å². The van der Waals surface area contributed by atoms with Gasteiger partial charge in [-0.15, -0.1) is 12.0 Å². The van der Waals surface area contributed by atoms with Crippen LogP contribution in [0, 0.1) is 68.7 Å². The van der Waals surface area contributed by atoms with Crippen molar-refractivity contribution in [3.8, 4) is 59.9 Å². The van der Waals surface area contributed by atoms with Gasteiger partial charge in [-0.2, -0.15) is 10.5 Å². The van der Waals surface area contributed by atoms with E-state index >= 15 is 0 Å². The van der Waals surface area contributed by atoms with Crippen LogP contribution in [0.1, 0.15) is 0 Å². The van der Waals surface area contributed by atoms with Gasteiger partial charge in [-0.3, -0.25) is 10.6 Å². The number of hydrogen-bond acceptors (Lipinski definition) is 12. The van der Waals surface area contributed by atoms with Crippen LogP contribution in [0.4, 0.5) is 0 Å². The predicted octanol–water partition coefficient (Wildman–Crippen LogP) is 9.96. The van der Waals surface area contributed by atoms with Crippen molar-refractivity contribution in [2.24, 2.45) is 9.98 Å². The molecule has 16 nitrogen and oxygen atoms in total. The SMILES string of the molecule is N#CN=C=[N-].N#CN=C=[N-].N#C[N-]C#N.N#C[N-]C#N.[Cu+2].[Cu+2].c1ccc2nc(-c3ccc4ccccc4n3)ccc2c1.c1ccc2nc(-c3ccc4ccccc4n3)ccc2c1. The van der Waals surface area contributed by atoms with E-state index in [0.717, 1.165) is 66.4 Å². The van der Waals surface area contributed by atoms with Crippen molar-refractivity contribution < 1.29 is 34.1 Å². The van der Waals surface area contributed by atoms with Gasteiger partial charge in [0.15, 0.2) is 0 Å². The molecule has 0 aliphatic heterocycles. The molecule has 0 amide bonds. The molecule has 62 heavy (non-hydrogen) atoms. The first-order valence-corrected chi connectivity index (χ1v) is 16.8. The largest absolute Gasteiger partial charge is 2.00 e. The zero-order chi connectivity index (χ0) is 43.2. The minimum absolute atomic E-state index is 0. The molecular formula is C44H24Cu2N16. The van der Waals surface area contributed by atoms with Crippen LogP contribution in [0.15, 0.2) is 156 Å². The van der Waals surface area contributed by atoms with Crippen molar-refractivity contribution in [2.75, 3.05) is 0 Å². The Morgan fingerprint density at radius 1 is 0.355 bits per heavy atom. The average Bonchev–Trinajstić information content (AvgIpc) is 3.30. The van der Waals surface area contributed by atoms with E-state index in [1.165, 1.54) is 49.2 Å². The van der Waals surface area contributed by atoms with Crippen molar-refractivity contribution in [1.82, 2.24) is 19.9 Å². The van der Waals surface area contributed by atoms with Gasteiger partial charge in [0.25, 0.3) is 0 Å². The third-order valence-electron chi connectivity index (χ3n) is 7.32. The Morgan fingerprint density at radius 3 is 0.742 bits per heavy atom. The molecule has 0 bridgehead atoms. The van der Waals surface area contributed by atoms with Crippen molar-refractivity contribution in [1.29, 1.82) is 31.6 Å². The van der Waals surface area contributed by atoms with Crippen LogP contribution in [0.25, 0.3) is 87.8 Å². The van der Waals surface area contributed by atoms with E-state index in [4.69, 9.17) is 42.4 Å². The molecule has 4 aromatic carbocycles. The van der Waals surface area contributed by atoms with Crippen molar-refractivity contribution >= 4 is 55.6 Å². The third-order valence-corrected chi connectivity index (χ3v) is 7.32. The molecule has 2 radical (unpaired) electrons. The van der Waals surface area contributed by atoms with E-state index in [1.807, 2.05) is 97.1 Å². The van der Waals surface area contributed by atoms with E-state index < -0.39 is 0 Å². The van der Waals surface area contributed by atoms with Gasteiger partial charge in [-0.05, 0) is 48.5 Å². The quantitative estimate of drug-likeness (QED) is 0.0897. The van der Waals surface area contributed by atoms with Crippen molar-refractivity contribution in [3.05, 3.63) is 167 Å². The third kappa shape index (κ3) is 16.8. The van der Waals surface area contributed by atoms with E-state index in [-0.39, 0.29) is 34.1 Å². The number of hydrogen-bond donors (Lipinski definition) is 0. The maximum absolute atomic E-state index is 7.43. The Labute approximate surface area is 376 Å². The van der Waals surface area contributed by atoms with Gasteiger partial charge in [0.1, 0.15) is 0 Å². The van der Waals surface area contributed by atoms with Gasteiger partial charge in [-0.1, -0.05) is 97.1 Å². The molecule has 4 aromatic heterocycles. The second-order valence-corrected chi connectivity index (χ2v) is 10.8. The monoisotopic (exact) mass is 902 g/mol. The van der Waals surface area contributed by atoms with E-state index in [2.05, 4.69) is 89.1 Å². The van der Waals surface area contributed by atoms with Crippen LogP contribution >= 0.6 is 0 Å². The maximum atomic E-state index is 7.43. The first-order chi connectivity index (χ1) is 29.5. The number of fused-ring (bicyclic) bond motifs is 4. The molecule has 8 rings (SSSR count). The minimum Gasteiger partial charge on any atom is -0.422 e. The van der Waals surface area contributed by atoms with Crippen LogP contribution in [0.2, 0.25) is 0 Å². The topological polar surface area (TPSA) is 292 Å². The van der Waals surface area contributed by atoms with Gasteiger partial charge in [0.05, 0.1) is 57.2 Å². The summed E-state index contributed by atoms with van der Waals surface area (Å²) in [6, 6.07) is 51.6. The van der Waals surface area contributed by atoms with E-state index in [0.29, 0.717) is 0 Å². The maximum Gasteiger partial charge on any atom is 2.00 e. The van der Waals surface area contributed by atoms with Gasteiger partial charge in [0, 0.05) is 46.3 Å². The molecule has 0 atom stereocenters. The number of para-hydroxylation sites is 4. The molecule has 0 unspecified atom stereocenters. The van der Waals surface area contributed by atoms with Crippen LogP contribution < -0.4 is 0 Å². The second-order valence-electron chi connectivity index (χ2n) is 10.8. The van der Waals surface area contributed by atoms with Gasteiger partial charge >= 0.3 is 34.1 Å². The molecular weight excluding hydrogens is 880 g/mol. The summed E-state index contributed by atoms with van der Waals surface area (Å²) in [6.07, 6.45) is 7.69. The fourth-order valence-corrected chi connectivity index (χ4v) is 4.92. The molecule has 0 saturated heterocycles. The van der Waals surface area contributed by atoms with Gasteiger partial charge in [-0.25, -0.2) is 19.9 Å². The Hall–Kier alpha value is -9.14. The van der Waals surface area contributed by atoms with E-state index in [9.17, 15) is 0 Å². The molecule has 0 aliphatic rings. The van der Waals surface area contributed by atoms with Crippen molar-refractivity contribution in [3.63, 3.8) is 0 Å². The number of pyridine rings is 4. The summed E-state index contributed by atoms with van der Waals surface area (Å²) in [7, 11) is 0. The number of aliphatic imine (C=N–C) groups is 2. The van der Waals surface area contributed by atoms with Crippen molar-refractivity contribution in [2.45, 2.75) is 0 Å². The summed E-state index contributed by atoms with van der Waals surface area (Å²) in [4.78, 5) is 23.9. The fraction of sp³-hybridized carbons (Fsp3) is 0. The number of nitrogens with zero attached hydrogens (tertiary/aromatic N) is 16. The number of aromatic nitrogens is 4. The average molecular weight is 904 g/mol. The Morgan fingerprint density at radius 2 is 0.581 bits per heavy atom. The molecule has 0 saturated carbocycles. The summed E-state index contributed by atoms with van der Waals surface area (Å²) in [6.45, 7) is 0. The molecule has 0 spiro atoms. The molecule has 0 aliphatic carbocycles. The fourth-order valence-electron chi connectivity index (χ4n) is 4.92. The predicted molar refractivity (Wildman–Crippen MR) is 227 cm³/mol. The molecule has 302 valence electrons. The van der Waals surface area contributed by atoms with Gasteiger partial charge < -0.3 is 41.9 Å². The molecule has 4 heterocycles.